The lowest BCUT2D eigenvalue weighted by molar-refractivity contribution is -0.160. The summed E-state index contributed by atoms with van der Waals surface area (Å²) in [5, 5.41) is 0. The Morgan fingerprint density at radius 2 is 2.00 bits per heavy atom. The van der Waals surface area contributed by atoms with Crippen molar-refractivity contribution in [2.45, 2.75) is 64.5 Å². The van der Waals surface area contributed by atoms with Crippen LogP contribution in [0, 0.1) is 11.8 Å². The SMILES string of the molecule is [2H]C([2H])(C)C([2H])([2H])[C@@H]1CN2CCc3cc(OC)c(OC)cc3[C@@H]2C[C@@H]1OC(=O)[C@@H](N)C(C)C. The first-order valence-corrected chi connectivity index (χ1v) is 10.3. The van der Waals surface area contributed by atoms with E-state index in [1.807, 2.05) is 26.0 Å². The van der Waals surface area contributed by atoms with Gasteiger partial charge in [0.15, 0.2) is 11.5 Å². The molecule has 2 aliphatic rings. The molecule has 6 heteroatoms. The molecule has 0 aromatic heterocycles. The van der Waals surface area contributed by atoms with Crippen LogP contribution in [0.1, 0.15) is 62.6 Å². The first-order chi connectivity index (χ1) is 15.3. The van der Waals surface area contributed by atoms with Crippen LogP contribution in [-0.4, -0.2) is 50.3 Å². The Morgan fingerprint density at radius 3 is 2.62 bits per heavy atom. The molecule has 0 unspecified atom stereocenters. The van der Waals surface area contributed by atoms with Crippen LogP contribution in [0.5, 0.6) is 11.5 Å². The van der Waals surface area contributed by atoms with Gasteiger partial charge in [0.25, 0.3) is 0 Å². The van der Waals surface area contributed by atoms with Crippen LogP contribution < -0.4 is 15.2 Å². The number of benzene rings is 1. The average Bonchev–Trinajstić information content (AvgIpc) is 2.75. The third-order valence-electron chi connectivity index (χ3n) is 6.04. The maximum Gasteiger partial charge on any atom is 0.323 e. The molecule has 1 aromatic carbocycles. The van der Waals surface area contributed by atoms with E-state index in [4.69, 9.17) is 25.4 Å². The van der Waals surface area contributed by atoms with Gasteiger partial charge in [-0.1, -0.05) is 27.1 Å². The second-order valence-corrected chi connectivity index (χ2v) is 8.15. The zero-order valence-corrected chi connectivity index (χ0v) is 18.0. The van der Waals surface area contributed by atoms with Crippen LogP contribution >= 0.6 is 0 Å². The van der Waals surface area contributed by atoms with Gasteiger partial charge >= 0.3 is 5.97 Å². The fraction of sp³-hybridized carbons (Fsp3) is 0.696. The van der Waals surface area contributed by atoms with Crippen molar-refractivity contribution in [1.82, 2.24) is 4.90 Å². The maximum atomic E-state index is 12.8. The molecule has 0 aliphatic carbocycles. The summed E-state index contributed by atoms with van der Waals surface area (Å²) in [5.41, 5.74) is 8.16. The first-order valence-electron chi connectivity index (χ1n) is 12.3. The summed E-state index contributed by atoms with van der Waals surface area (Å²) in [6, 6.07) is 2.97. The van der Waals surface area contributed by atoms with Crippen LogP contribution in [0.4, 0.5) is 0 Å². The van der Waals surface area contributed by atoms with Gasteiger partial charge in [-0.2, -0.15) is 0 Å². The van der Waals surface area contributed by atoms with Gasteiger partial charge in [-0.05, 0) is 42.0 Å². The van der Waals surface area contributed by atoms with E-state index in [2.05, 4.69) is 4.90 Å². The Morgan fingerprint density at radius 1 is 1.31 bits per heavy atom. The van der Waals surface area contributed by atoms with Crippen LogP contribution in [0.25, 0.3) is 0 Å². The van der Waals surface area contributed by atoms with Crippen molar-refractivity contribution in [3.8, 4) is 11.5 Å². The summed E-state index contributed by atoms with van der Waals surface area (Å²) >= 11 is 0. The highest BCUT2D eigenvalue weighted by Gasteiger charge is 2.41. The number of piperidine rings is 1. The minimum atomic E-state index is -2.21. The monoisotopic (exact) mass is 408 g/mol. The van der Waals surface area contributed by atoms with Crippen molar-refractivity contribution in [3.05, 3.63) is 23.3 Å². The van der Waals surface area contributed by atoms with E-state index in [0.29, 0.717) is 24.5 Å². The second kappa shape index (κ2) is 9.35. The smallest absolute Gasteiger partial charge is 0.323 e. The van der Waals surface area contributed by atoms with Crippen molar-refractivity contribution in [3.63, 3.8) is 0 Å². The number of hydrogen-bond donors (Lipinski definition) is 1. The summed E-state index contributed by atoms with van der Waals surface area (Å²) in [5.74, 6) is -0.281. The summed E-state index contributed by atoms with van der Waals surface area (Å²) in [6.07, 6.45) is -4.03. The lowest BCUT2D eigenvalue weighted by Crippen LogP contribution is -2.50. The molecule has 1 aromatic rings. The molecule has 2 N–H and O–H groups in total. The van der Waals surface area contributed by atoms with Gasteiger partial charge < -0.3 is 19.9 Å². The highest BCUT2D eigenvalue weighted by Crippen LogP contribution is 2.44. The standard InChI is InChI=1S/C23H36N2O4/c1-6-7-16-13-25-9-8-15-10-20(27-4)21(28-5)11-17(15)18(25)12-19(16)29-23(26)22(24)14(2)3/h10-11,14,16,18-19,22H,6-9,12-13,24H2,1-5H3/t16-,18+,19+,22+/m1/s1/i6D2,7D2. The van der Waals surface area contributed by atoms with Gasteiger partial charge in [0.05, 0.1) is 14.2 Å². The molecule has 0 bridgehead atoms. The Kier molecular flexibility index (Phi) is 5.46. The van der Waals surface area contributed by atoms with E-state index in [1.54, 1.807) is 14.2 Å². The highest BCUT2D eigenvalue weighted by molar-refractivity contribution is 5.76. The van der Waals surface area contributed by atoms with E-state index in [1.165, 1.54) is 6.92 Å². The zero-order valence-electron chi connectivity index (χ0n) is 22.0. The molecule has 0 radical (unpaired) electrons. The molecular formula is C23H36N2O4. The largest absolute Gasteiger partial charge is 0.493 e. The number of ether oxygens (including phenoxy) is 3. The topological polar surface area (TPSA) is 74.0 Å². The lowest BCUT2D eigenvalue weighted by atomic mass is 9.80. The van der Waals surface area contributed by atoms with Gasteiger partial charge in [-0.15, -0.1) is 0 Å². The Hall–Kier alpha value is -1.79. The average molecular weight is 409 g/mol. The molecular weight excluding hydrogens is 368 g/mol. The second-order valence-electron chi connectivity index (χ2n) is 8.15. The van der Waals surface area contributed by atoms with Crippen LogP contribution in [0.15, 0.2) is 12.1 Å². The quantitative estimate of drug-likeness (QED) is 0.698. The van der Waals surface area contributed by atoms with Gasteiger partial charge in [-0.3, -0.25) is 9.69 Å². The number of nitrogens with two attached hydrogens (primary N) is 1. The van der Waals surface area contributed by atoms with Gasteiger partial charge in [-0.25, -0.2) is 0 Å². The highest BCUT2D eigenvalue weighted by atomic mass is 16.5. The number of fused-ring (bicyclic) bond motifs is 3. The van der Waals surface area contributed by atoms with Crippen LogP contribution in [0.3, 0.4) is 0 Å². The predicted molar refractivity (Wildman–Crippen MR) is 113 cm³/mol. The summed E-state index contributed by atoms with van der Waals surface area (Å²) in [4.78, 5) is 14.9. The normalized spacial score (nSPS) is 28.2. The van der Waals surface area contributed by atoms with E-state index < -0.39 is 36.8 Å². The minimum absolute atomic E-state index is 0.114. The maximum absolute atomic E-state index is 12.8. The number of carbonyl (C=O) groups is 1. The van der Waals surface area contributed by atoms with Crippen LogP contribution in [-0.2, 0) is 16.0 Å². The Labute approximate surface area is 180 Å². The van der Waals surface area contributed by atoms with Gasteiger partial charge in [0, 0.05) is 37.0 Å². The lowest BCUT2D eigenvalue weighted by Gasteiger charge is -2.47. The molecule has 2 aliphatic heterocycles. The number of carbonyl (C=O) groups excluding carboxylic acids is 1. The number of esters is 1. The number of rotatable bonds is 7. The fourth-order valence-corrected chi connectivity index (χ4v) is 4.28. The molecule has 1 fully saturated rings. The van der Waals surface area contributed by atoms with Crippen molar-refractivity contribution in [2.24, 2.45) is 17.6 Å². The molecule has 162 valence electrons. The van der Waals surface area contributed by atoms with E-state index in [-0.39, 0.29) is 18.5 Å². The molecule has 4 atom stereocenters. The Balaban J connectivity index is 1.99. The predicted octanol–water partition coefficient (Wildman–Crippen LogP) is 3.32. The third-order valence-corrected chi connectivity index (χ3v) is 6.04. The Bertz CT molecular complexity index is 875. The van der Waals surface area contributed by atoms with Gasteiger partial charge in [0.1, 0.15) is 12.1 Å². The number of hydrogen-bond acceptors (Lipinski definition) is 6. The summed E-state index contributed by atoms with van der Waals surface area (Å²) in [6.45, 7) is 5.85. The molecule has 3 rings (SSSR count). The number of nitrogens with zero attached hydrogens (tertiary/aromatic N) is 1. The molecule has 29 heavy (non-hydrogen) atoms. The first kappa shape index (κ1) is 16.9. The zero-order chi connectivity index (χ0) is 24.7. The number of methoxy groups -OCH3 is 2. The van der Waals surface area contributed by atoms with Crippen LogP contribution in [0.2, 0.25) is 0 Å². The van der Waals surface area contributed by atoms with E-state index in [9.17, 15) is 4.79 Å². The van der Waals surface area contributed by atoms with Crippen molar-refractivity contribution >= 4 is 5.97 Å². The molecule has 0 spiro atoms. The molecule has 0 amide bonds. The molecule has 0 saturated carbocycles. The summed E-state index contributed by atoms with van der Waals surface area (Å²) < 4.78 is 50.2. The molecule has 2 heterocycles. The molecule has 1 saturated heterocycles. The van der Waals surface area contributed by atoms with Crippen molar-refractivity contribution in [1.29, 1.82) is 0 Å². The summed E-state index contributed by atoms with van der Waals surface area (Å²) in [7, 11) is 3.18. The third kappa shape index (κ3) is 4.53. The fourth-order valence-electron chi connectivity index (χ4n) is 4.28. The van der Waals surface area contributed by atoms with E-state index >= 15 is 0 Å². The van der Waals surface area contributed by atoms with E-state index in [0.717, 1.165) is 17.5 Å². The minimum Gasteiger partial charge on any atom is -0.493 e. The molecule has 6 nitrogen and oxygen atoms in total. The van der Waals surface area contributed by atoms with Gasteiger partial charge in [0.2, 0.25) is 0 Å². The van der Waals surface area contributed by atoms with Crippen molar-refractivity contribution in [2.75, 3.05) is 27.3 Å². The van der Waals surface area contributed by atoms with Crippen molar-refractivity contribution < 1.29 is 24.5 Å².